The number of anilines is 3. The Balaban J connectivity index is 1.40. The molecule has 0 amide bonds. The SMILES string of the molecule is Cc1cccnc1N1CCC(N(C)c2ccnc(N3CCOCC3)n2)CC1. The molecule has 2 aliphatic heterocycles. The van der Waals surface area contributed by atoms with Crippen molar-refractivity contribution in [1.82, 2.24) is 15.0 Å². The molecule has 2 aromatic rings. The average molecular weight is 368 g/mol. The van der Waals surface area contributed by atoms with Crippen molar-refractivity contribution in [2.24, 2.45) is 0 Å². The maximum Gasteiger partial charge on any atom is 0.227 e. The second kappa shape index (κ2) is 8.08. The highest BCUT2D eigenvalue weighted by Crippen LogP contribution is 2.25. The Morgan fingerprint density at radius 1 is 1.00 bits per heavy atom. The summed E-state index contributed by atoms with van der Waals surface area (Å²) >= 11 is 0. The summed E-state index contributed by atoms with van der Waals surface area (Å²) < 4.78 is 5.43. The molecule has 7 heteroatoms. The lowest BCUT2D eigenvalue weighted by Crippen LogP contribution is -2.44. The Kier molecular flexibility index (Phi) is 5.38. The number of hydrogen-bond donors (Lipinski definition) is 0. The van der Waals surface area contributed by atoms with Crippen molar-refractivity contribution in [3.8, 4) is 0 Å². The number of aromatic nitrogens is 3. The van der Waals surface area contributed by atoms with E-state index in [0.29, 0.717) is 6.04 Å². The van der Waals surface area contributed by atoms with Gasteiger partial charge in [-0.3, -0.25) is 0 Å². The highest BCUT2D eigenvalue weighted by molar-refractivity contribution is 5.48. The van der Waals surface area contributed by atoms with Gasteiger partial charge in [-0.25, -0.2) is 9.97 Å². The third-order valence-electron chi connectivity index (χ3n) is 5.58. The standard InChI is InChI=1S/C20H28N6O/c1-16-4-3-8-21-19(16)25-10-6-17(7-11-25)24(2)18-5-9-22-20(23-18)26-12-14-27-15-13-26/h3-5,8-9,17H,6-7,10-15H2,1-2H3. The van der Waals surface area contributed by atoms with E-state index in [4.69, 9.17) is 9.72 Å². The molecule has 0 aliphatic carbocycles. The molecule has 0 aromatic carbocycles. The number of piperidine rings is 1. The lowest BCUT2D eigenvalue weighted by Gasteiger charge is -2.38. The van der Waals surface area contributed by atoms with Gasteiger partial charge in [0.1, 0.15) is 11.6 Å². The molecule has 0 radical (unpaired) electrons. The smallest absolute Gasteiger partial charge is 0.227 e. The van der Waals surface area contributed by atoms with Crippen molar-refractivity contribution in [3.63, 3.8) is 0 Å². The van der Waals surface area contributed by atoms with Crippen LogP contribution in [0.1, 0.15) is 18.4 Å². The number of pyridine rings is 1. The van der Waals surface area contributed by atoms with Crippen LogP contribution in [0, 0.1) is 6.92 Å². The molecule has 0 spiro atoms. The Hall–Kier alpha value is -2.41. The van der Waals surface area contributed by atoms with Gasteiger partial charge in [-0.2, -0.15) is 4.98 Å². The summed E-state index contributed by atoms with van der Waals surface area (Å²) in [6, 6.07) is 6.63. The quantitative estimate of drug-likeness (QED) is 0.819. The van der Waals surface area contributed by atoms with Crippen LogP contribution < -0.4 is 14.7 Å². The fourth-order valence-electron chi connectivity index (χ4n) is 3.91. The van der Waals surface area contributed by atoms with E-state index in [-0.39, 0.29) is 0 Å². The molecule has 2 aliphatic rings. The van der Waals surface area contributed by atoms with Gasteiger partial charge in [0.2, 0.25) is 5.95 Å². The third-order valence-corrected chi connectivity index (χ3v) is 5.58. The Bertz CT molecular complexity index is 756. The van der Waals surface area contributed by atoms with Gasteiger partial charge in [-0.05, 0) is 37.5 Å². The average Bonchev–Trinajstić information content (AvgIpc) is 2.74. The number of ether oxygens (including phenoxy) is 1. The minimum Gasteiger partial charge on any atom is -0.378 e. The first-order chi connectivity index (χ1) is 13.2. The van der Waals surface area contributed by atoms with Gasteiger partial charge >= 0.3 is 0 Å². The first-order valence-electron chi connectivity index (χ1n) is 9.77. The molecular formula is C20H28N6O. The van der Waals surface area contributed by atoms with Gasteiger partial charge in [0.15, 0.2) is 0 Å². The molecule has 4 rings (SSSR count). The van der Waals surface area contributed by atoms with Crippen LogP contribution in [0.3, 0.4) is 0 Å². The molecular weight excluding hydrogens is 340 g/mol. The van der Waals surface area contributed by atoms with Crippen LogP contribution in [-0.4, -0.2) is 67.4 Å². The summed E-state index contributed by atoms with van der Waals surface area (Å²) in [7, 11) is 2.15. The van der Waals surface area contributed by atoms with Gasteiger partial charge in [0.05, 0.1) is 13.2 Å². The lowest BCUT2D eigenvalue weighted by molar-refractivity contribution is 0.122. The normalized spacial score (nSPS) is 18.6. The number of hydrogen-bond acceptors (Lipinski definition) is 7. The molecule has 2 fully saturated rings. The zero-order valence-electron chi connectivity index (χ0n) is 16.2. The van der Waals surface area contributed by atoms with E-state index in [1.807, 2.05) is 24.5 Å². The van der Waals surface area contributed by atoms with Crippen molar-refractivity contribution in [2.45, 2.75) is 25.8 Å². The van der Waals surface area contributed by atoms with Gasteiger partial charge in [-0.1, -0.05) is 6.07 Å². The zero-order chi connectivity index (χ0) is 18.6. The van der Waals surface area contributed by atoms with Crippen LogP contribution in [0.5, 0.6) is 0 Å². The van der Waals surface area contributed by atoms with Crippen LogP contribution >= 0.6 is 0 Å². The predicted octanol–water partition coefficient (Wildman–Crippen LogP) is 2.12. The van der Waals surface area contributed by atoms with Crippen molar-refractivity contribution >= 4 is 17.6 Å². The van der Waals surface area contributed by atoms with Crippen molar-refractivity contribution < 1.29 is 4.74 Å². The minimum absolute atomic E-state index is 0.484. The van der Waals surface area contributed by atoms with Crippen molar-refractivity contribution in [3.05, 3.63) is 36.2 Å². The van der Waals surface area contributed by atoms with Crippen LogP contribution in [0.15, 0.2) is 30.6 Å². The second-order valence-electron chi connectivity index (χ2n) is 7.29. The van der Waals surface area contributed by atoms with E-state index in [0.717, 1.165) is 69.8 Å². The van der Waals surface area contributed by atoms with Crippen LogP contribution in [0.2, 0.25) is 0 Å². The molecule has 0 bridgehead atoms. The van der Waals surface area contributed by atoms with Gasteiger partial charge in [-0.15, -0.1) is 0 Å². The van der Waals surface area contributed by atoms with Crippen LogP contribution in [0.4, 0.5) is 17.6 Å². The van der Waals surface area contributed by atoms with E-state index < -0.39 is 0 Å². The number of nitrogens with zero attached hydrogens (tertiary/aromatic N) is 6. The highest BCUT2D eigenvalue weighted by atomic mass is 16.5. The maximum absolute atomic E-state index is 5.43. The minimum atomic E-state index is 0.484. The molecule has 4 heterocycles. The molecule has 0 unspecified atom stereocenters. The van der Waals surface area contributed by atoms with Gasteiger partial charge in [0, 0.05) is 51.7 Å². The highest BCUT2D eigenvalue weighted by Gasteiger charge is 2.25. The second-order valence-corrected chi connectivity index (χ2v) is 7.29. The molecule has 0 atom stereocenters. The molecule has 0 N–H and O–H groups in total. The first kappa shape index (κ1) is 18.0. The number of morpholine rings is 1. The molecule has 2 aromatic heterocycles. The summed E-state index contributed by atoms with van der Waals surface area (Å²) in [6.07, 6.45) is 5.96. The molecule has 27 heavy (non-hydrogen) atoms. The maximum atomic E-state index is 5.43. The lowest BCUT2D eigenvalue weighted by atomic mass is 10.0. The molecule has 144 valence electrons. The summed E-state index contributed by atoms with van der Waals surface area (Å²) in [5.41, 5.74) is 1.25. The number of rotatable bonds is 4. The molecule has 0 saturated carbocycles. The first-order valence-corrected chi connectivity index (χ1v) is 9.77. The topological polar surface area (TPSA) is 57.6 Å². The predicted molar refractivity (Wildman–Crippen MR) is 108 cm³/mol. The van der Waals surface area contributed by atoms with E-state index in [9.17, 15) is 0 Å². The fraction of sp³-hybridized carbons (Fsp3) is 0.550. The number of aryl methyl sites for hydroxylation is 1. The van der Waals surface area contributed by atoms with E-state index in [1.165, 1.54) is 5.56 Å². The summed E-state index contributed by atoms with van der Waals surface area (Å²) in [5, 5.41) is 0. The van der Waals surface area contributed by atoms with Crippen LogP contribution in [-0.2, 0) is 4.74 Å². The molecule has 2 saturated heterocycles. The van der Waals surface area contributed by atoms with Gasteiger partial charge in [0.25, 0.3) is 0 Å². The van der Waals surface area contributed by atoms with E-state index >= 15 is 0 Å². The van der Waals surface area contributed by atoms with E-state index in [1.54, 1.807) is 0 Å². The monoisotopic (exact) mass is 368 g/mol. The Morgan fingerprint density at radius 3 is 2.52 bits per heavy atom. The fourth-order valence-corrected chi connectivity index (χ4v) is 3.91. The summed E-state index contributed by atoms with van der Waals surface area (Å²) in [6.45, 7) is 7.38. The van der Waals surface area contributed by atoms with E-state index in [2.05, 4.69) is 44.7 Å². The molecule has 7 nitrogen and oxygen atoms in total. The van der Waals surface area contributed by atoms with Crippen LogP contribution in [0.25, 0.3) is 0 Å². The van der Waals surface area contributed by atoms with Crippen molar-refractivity contribution in [1.29, 1.82) is 0 Å². The summed E-state index contributed by atoms with van der Waals surface area (Å²) in [5.74, 6) is 2.93. The Morgan fingerprint density at radius 2 is 1.78 bits per heavy atom. The summed E-state index contributed by atoms with van der Waals surface area (Å²) in [4.78, 5) is 20.8. The van der Waals surface area contributed by atoms with Crippen molar-refractivity contribution in [2.75, 3.05) is 61.1 Å². The third kappa shape index (κ3) is 3.98. The van der Waals surface area contributed by atoms with Gasteiger partial charge < -0.3 is 19.4 Å². The Labute approximate surface area is 161 Å². The zero-order valence-corrected chi connectivity index (χ0v) is 16.2. The largest absolute Gasteiger partial charge is 0.378 e.